The highest BCUT2D eigenvalue weighted by Crippen LogP contribution is 2.36. The number of benzene rings is 1. The minimum Gasteiger partial charge on any atom is -0.459 e. The van der Waals surface area contributed by atoms with E-state index in [1.165, 1.54) is 37.5 Å². The van der Waals surface area contributed by atoms with Crippen LogP contribution in [-0.4, -0.2) is 6.54 Å². The van der Waals surface area contributed by atoms with Crippen molar-refractivity contribution in [2.24, 2.45) is 5.92 Å². The van der Waals surface area contributed by atoms with Gasteiger partial charge in [-0.1, -0.05) is 44.4 Å². The second-order valence-corrected chi connectivity index (χ2v) is 5.73. The number of hydrogen-bond acceptors (Lipinski definition) is 2. The fourth-order valence-corrected chi connectivity index (χ4v) is 2.85. The fourth-order valence-electron chi connectivity index (χ4n) is 2.85. The van der Waals surface area contributed by atoms with Crippen LogP contribution in [0, 0.1) is 5.92 Å². The molecule has 1 aromatic carbocycles. The van der Waals surface area contributed by atoms with Gasteiger partial charge in [0, 0.05) is 5.39 Å². The lowest BCUT2D eigenvalue weighted by Crippen LogP contribution is -2.26. The van der Waals surface area contributed by atoms with E-state index in [2.05, 4.69) is 36.5 Å². The van der Waals surface area contributed by atoms with Gasteiger partial charge >= 0.3 is 0 Å². The summed E-state index contributed by atoms with van der Waals surface area (Å²) in [4.78, 5) is 0. The zero-order valence-electron chi connectivity index (χ0n) is 11.7. The predicted octanol–water partition coefficient (Wildman–Crippen LogP) is 4.66. The van der Waals surface area contributed by atoms with Gasteiger partial charge in [0.15, 0.2) is 0 Å². The van der Waals surface area contributed by atoms with E-state index in [1.54, 1.807) is 0 Å². The Morgan fingerprint density at radius 2 is 2.16 bits per heavy atom. The number of rotatable bonds is 6. The molecule has 1 saturated carbocycles. The molecular formula is C17H23NO. The Morgan fingerprint density at radius 1 is 1.32 bits per heavy atom. The average molecular weight is 257 g/mol. The van der Waals surface area contributed by atoms with E-state index in [1.807, 2.05) is 6.07 Å². The first-order chi connectivity index (χ1) is 9.36. The molecule has 1 unspecified atom stereocenters. The third-order valence-corrected chi connectivity index (χ3v) is 4.22. The van der Waals surface area contributed by atoms with E-state index in [-0.39, 0.29) is 0 Å². The van der Waals surface area contributed by atoms with Crippen molar-refractivity contribution in [2.45, 2.75) is 45.1 Å². The van der Waals surface area contributed by atoms with Crippen LogP contribution in [0.25, 0.3) is 11.0 Å². The smallest absolute Gasteiger partial charge is 0.134 e. The molecule has 0 spiro atoms. The average Bonchev–Trinajstić information content (AvgIpc) is 2.80. The summed E-state index contributed by atoms with van der Waals surface area (Å²) in [6, 6.07) is 10.9. The van der Waals surface area contributed by atoms with Gasteiger partial charge in [0.2, 0.25) is 0 Å². The number of nitrogens with one attached hydrogen (secondary N) is 1. The second-order valence-electron chi connectivity index (χ2n) is 5.73. The van der Waals surface area contributed by atoms with Crippen LogP contribution >= 0.6 is 0 Å². The molecule has 0 aliphatic heterocycles. The lowest BCUT2D eigenvalue weighted by atomic mass is 9.80. The zero-order chi connectivity index (χ0) is 13.1. The van der Waals surface area contributed by atoms with Crippen molar-refractivity contribution in [2.75, 3.05) is 6.54 Å². The highest BCUT2D eigenvalue weighted by Gasteiger charge is 2.24. The number of hydrogen-bond donors (Lipinski definition) is 1. The summed E-state index contributed by atoms with van der Waals surface area (Å²) in [6.45, 7) is 3.28. The normalized spacial score (nSPS) is 17.5. The molecule has 1 N–H and O–H groups in total. The second kappa shape index (κ2) is 5.79. The molecule has 3 rings (SSSR count). The maximum absolute atomic E-state index is 6.03. The SMILES string of the molecule is CCCNC(CC1CCC1)c1cc2ccccc2o1. The fraction of sp³-hybridized carbons (Fsp3) is 0.529. The Kier molecular flexibility index (Phi) is 3.88. The first-order valence-electron chi connectivity index (χ1n) is 7.58. The standard InChI is InChI=1S/C17H23NO/c1-2-10-18-15(11-13-6-5-7-13)17-12-14-8-3-4-9-16(14)19-17/h3-4,8-9,12-13,15,18H,2,5-7,10-11H2,1H3. The monoisotopic (exact) mass is 257 g/mol. The van der Waals surface area contributed by atoms with E-state index >= 15 is 0 Å². The summed E-state index contributed by atoms with van der Waals surface area (Å²) in [5, 5.41) is 4.87. The van der Waals surface area contributed by atoms with Crippen LogP contribution in [0.5, 0.6) is 0 Å². The minimum absolute atomic E-state index is 0.387. The van der Waals surface area contributed by atoms with E-state index < -0.39 is 0 Å². The third kappa shape index (κ3) is 2.84. The molecule has 0 bridgehead atoms. The Morgan fingerprint density at radius 3 is 2.84 bits per heavy atom. The van der Waals surface area contributed by atoms with Gasteiger partial charge in [-0.2, -0.15) is 0 Å². The lowest BCUT2D eigenvalue weighted by Gasteiger charge is -2.29. The van der Waals surface area contributed by atoms with Gasteiger partial charge in [-0.15, -0.1) is 0 Å². The largest absolute Gasteiger partial charge is 0.459 e. The van der Waals surface area contributed by atoms with Gasteiger partial charge in [-0.05, 0) is 37.4 Å². The van der Waals surface area contributed by atoms with Crippen molar-refractivity contribution >= 4 is 11.0 Å². The number of para-hydroxylation sites is 1. The Hall–Kier alpha value is -1.28. The summed E-state index contributed by atoms with van der Waals surface area (Å²) in [5.74, 6) is 2.00. The van der Waals surface area contributed by atoms with Crippen molar-refractivity contribution in [1.82, 2.24) is 5.32 Å². The van der Waals surface area contributed by atoms with Gasteiger partial charge in [-0.25, -0.2) is 0 Å². The van der Waals surface area contributed by atoms with Crippen LogP contribution in [0.4, 0.5) is 0 Å². The van der Waals surface area contributed by atoms with E-state index in [0.29, 0.717) is 6.04 Å². The van der Waals surface area contributed by atoms with Crippen molar-refractivity contribution in [1.29, 1.82) is 0 Å². The van der Waals surface area contributed by atoms with Crippen LogP contribution in [0.2, 0.25) is 0 Å². The summed E-state index contributed by atoms with van der Waals surface area (Å²) in [6.07, 6.45) is 6.58. The molecule has 2 nitrogen and oxygen atoms in total. The summed E-state index contributed by atoms with van der Waals surface area (Å²) in [5.41, 5.74) is 1.01. The Balaban J connectivity index is 1.79. The molecule has 1 aromatic heterocycles. The molecular weight excluding hydrogens is 234 g/mol. The molecule has 0 saturated heterocycles. The van der Waals surface area contributed by atoms with Crippen LogP contribution in [0.15, 0.2) is 34.7 Å². The molecule has 19 heavy (non-hydrogen) atoms. The van der Waals surface area contributed by atoms with E-state index in [0.717, 1.165) is 23.8 Å². The molecule has 0 amide bonds. The summed E-state index contributed by atoms with van der Waals surface area (Å²) < 4.78 is 6.03. The summed E-state index contributed by atoms with van der Waals surface area (Å²) >= 11 is 0. The van der Waals surface area contributed by atoms with Gasteiger partial charge in [-0.3, -0.25) is 0 Å². The highest BCUT2D eigenvalue weighted by atomic mass is 16.3. The van der Waals surface area contributed by atoms with Crippen LogP contribution in [-0.2, 0) is 0 Å². The van der Waals surface area contributed by atoms with Crippen LogP contribution < -0.4 is 5.32 Å². The molecule has 102 valence electrons. The van der Waals surface area contributed by atoms with Crippen molar-refractivity contribution in [3.05, 3.63) is 36.1 Å². The van der Waals surface area contributed by atoms with Crippen LogP contribution in [0.1, 0.15) is 50.8 Å². The molecule has 1 heterocycles. The molecule has 2 heteroatoms. The topological polar surface area (TPSA) is 25.2 Å². The van der Waals surface area contributed by atoms with Gasteiger partial charge in [0.05, 0.1) is 6.04 Å². The van der Waals surface area contributed by atoms with E-state index in [4.69, 9.17) is 4.42 Å². The van der Waals surface area contributed by atoms with Gasteiger partial charge < -0.3 is 9.73 Å². The van der Waals surface area contributed by atoms with Crippen molar-refractivity contribution in [3.8, 4) is 0 Å². The van der Waals surface area contributed by atoms with E-state index in [9.17, 15) is 0 Å². The molecule has 2 aromatic rings. The maximum atomic E-state index is 6.03. The van der Waals surface area contributed by atoms with Crippen LogP contribution in [0.3, 0.4) is 0 Å². The Labute approximate surface area is 115 Å². The molecule has 1 fully saturated rings. The molecule has 1 atom stereocenters. The maximum Gasteiger partial charge on any atom is 0.134 e. The van der Waals surface area contributed by atoms with Crippen molar-refractivity contribution < 1.29 is 4.42 Å². The molecule has 0 radical (unpaired) electrons. The van der Waals surface area contributed by atoms with Crippen molar-refractivity contribution in [3.63, 3.8) is 0 Å². The zero-order valence-corrected chi connectivity index (χ0v) is 11.7. The Bertz CT molecular complexity index is 494. The predicted molar refractivity (Wildman–Crippen MR) is 79.2 cm³/mol. The minimum atomic E-state index is 0.387. The first-order valence-corrected chi connectivity index (χ1v) is 7.58. The first kappa shape index (κ1) is 12.7. The molecule has 1 aliphatic rings. The molecule has 1 aliphatic carbocycles. The quantitative estimate of drug-likeness (QED) is 0.814. The van der Waals surface area contributed by atoms with Gasteiger partial charge in [0.25, 0.3) is 0 Å². The van der Waals surface area contributed by atoms with Gasteiger partial charge in [0.1, 0.15) is 11.3 Å². The number of furan rings is 1. The summed E-state index contributed by atoms with van der Waals surface area (Å²) in [7, 11) is 0. The highest BCUT2D eigenvalue weighted by molar-refractivity contribution is 5.77. The number of fused-ring (bicyclic) bond motifs is 1. The third-order valence-electron chi connectivity index (χ3n) is 4.22. The lowest BCUT2D eigenvalue weighted by molar-refractivity contribution is 0.248.